The molecule has 188 valence electrons. The number of nitrogens with zero attached hydrogens (tertiary/aromatic N) is 2. The number of fused-ring (bicyclic) bond motifs is 1. The van der Waals surface area contributed by atoms with Crippen LogP contribution < -0.4 is 14.4 Å². The van der Waals surface area contributed by atoms with Gasteiger partial charge in [0.05, 0.1) is 34.5 Å². The molecule has 0 unspecified atom stereocenters. The summed E-state index contributed by atoms with van der Waals surface area (Å²) in [5, 5.41) is 0.965. The van der Waals surface area contributed by atoms with E-state index < -0.39 is 10.0 Å². The van der Waals surface area contributed by atoms with Crippen LogP contribution in [0.15, 0.2) is 94.4 Å². The molecule has 0 spiro atoms. The minimum Gasteiger partial charge on any atom is -0.497 e. The number of sulfonamides is 1. The highest BCUT2D eigenvalue weighted by molar-refractivity contribution is 7.92. The van der Waals surface area contributed by atoms with Crippen molar-refractivity contribution in [2.24, 2.45) is 0 Å². The number of methoxy groups -OCH3 is 1. The second-order valence-corrected chi connectivity index (χ2v) is 11.0. The second-order valence-electron chi connectivity index (χ2n) is 7.91. The normalized spacial score (nSPS) is 11.4. The minimum absolute atomic E-state index is 0.0903. The molecule has 0 atom stereocenters. The number of furan rings is 1. The van der Waals surface area contributed by atoms with Crippen LogP contribution >= 0.6 is 22.9 Å². The van der Waals surface area contributed by atoms with Crippen molar-refractivity contribution in [1.29, 1.82) is 0 Å². The summed E-state index contributed by atoms with van der Waals surface area (Å²) in [6, 6.07) is 21.2. The maximum Gasteiger partial charge on any atom is 0.261 e. The molecule has 0 aliphatic carbocycles. The summed E-state index contributed by atoms with van der Waals surface area (Å²) in [4.78, 5) is 19.8. The first-order valence-electron chi connectivity index (χ1n) is 11.0. The highest BCUT2D eigenvalue weighted by Gasteiger charge is 2.24. The lowest BCUT2D eigenvalue weighted by molar-refractivity contribution is 0.0983. The van der Waals surface area contributed by atoms with Crippen molar-refractivity contribution in [2.45, 2.75) is 11.4 Å². The van der Waals surface area contributed by atoms with Gasteiger partial charge in [-0.3, -0.25) is 14.4 Å². The molecule has 1 amide bonds. The van der Waals surface area contributed by atoms with Gasteiger partial charge in [0.25, 0.3) is 15.9 Å². The first-order valence-corrected chi connectivity index (χ1v) is 13.7. The van der Waals surface area contributed by atoms with Crippen LogP contribution in [0, 0.1) is 0 Å². The molecule has 2 aromatic heterocycles. The molecule has 11 heteroatoms. The summed E-state index contributed by atoms with van der Waals surface area (Å²) in [6.07, 6.45) is 1.54. The fourth-order valence-electron chi connectivity index (χ4n) is 3.61. The Bertz CT molecular complexity index is 1650. The van der Waals surface area contributed by atoms with E-state index in [-0.39, 0.29) is 17.3 Å². The van der Waals surface area contributed by atoms with Crippen LogP contribution in [0.1, 0.15) is 16.1 Å². The number of ether oxygens (including phenoxy) is 1. The monoisotopic (exact) mass is 553 g/mol. The van der Waals surface area contributed by atoms with Crippen LogP contribution in [0.5, 0.6) is 5.75 Å². The highest BCUT2D eigenvalue weighted by atomic mass is 35.5. The van der Waals surface area contributed by atoms with Crippen molar-refractivity contribution in [3.63, 3.8) is 0 Å². The standard InChI is InChI=1S/C26H20ClN3O5S2/c1-34-19-11-13-21(14-12-19)37(32,33)29-18-9-7-17(8-10-18)25(31)30(16-20-4-3-15-35-20)26-28-24-22(27)5-2-6-23(24)36-26/h2-15,29H,16H2,1H3. The number of aromatic nitrogens is 1. The first kappa shape index (κ1) is 24.8. The molecule has 0 fully saturated rings. The molecule has 0 aliphatic rings. The fraction of sp³-hybridized carbons (Fsp3) is 0.0769. The molecule has 37 heavy (non-hydrogen) atoms. The topological polar surface area (TPSA) is 102 Å². The number of halogens is 1. The lowest BCUT2D eigenvalue weighted by Crippen LogP contribution is -2.30. The predicted molar refractivity (Wildman–Crippen MR) is 144 cm³/mol. The number of rotatable bonds is 8. The number of nitrogens with one attached hydrogen (secondary N) is 1. The van der Waals surface area contributed by atoms with E-state index in [4.69, 9.17) is 20.8 Å². The van der Waals surface area contributed by atoms with Crippen LogP contribution in [0.4, 0.5) is 10.8 Å². The zero-order chi connectivity index (χ0) is 26.0. The van der Waals surface area contributed by atoms with Crippen molar-refractivity contribution >= 4 is 59.9 Å². The number of thiazole rings is 1. The van der Waals surface area contributed by atoms with Gasteiger partial charge in [0.15, 0.2) is 5.13 Å². The Balaban J connectivity index is 1.41. The van der Waals surface area contributed by atoms with Crippen molar-refractivity contribution in [1.82, 2.24) is 4.98 Å². The first-order chi connectivity index (χ1) is 17.8. The molecule has 5 aromatic rings. The Labute approximate surface area is 222 Å². The number of hydrogen-bond acceptors (Lipinski definition) is 7. The molecular formula is C26H20ClN3O5S2. The summed E-state index contributed by atoms with van der Waals surface area (Å²) in [7, 11) is -2.31. The zero-order valence-corrected chi connectivity index (χ0v) is 21.8. The molecule has 0 saturated carbocycles. The average Bonchev–Trinajstić information content (AvgIpc) is 3.58. The van der Waals surface area contributed by atoms with E-state index >= 15 is 0 Å². The third-order valence-electron chi connectivity index (χ3n) is 5.48. The summed E-state index contributed by atoms with van der Waals surface area (Å²) >= 11 is 7.65. The number of carbonyl (C=O) groups is 1. The van der Waals surface area contributed by atoms with Gasteiger partial charge < -0.3 is 9.15 Å². The Kier molecular flexibility index (Phi) is 6.88. The summed E-state index contributed by atoms with van der Waals surface area (Å²) in [5.74, 6) is 0.815. The van der Waals surface area contributed by atoms with Gasteiger partial charge >= 0.3 is 0 Å². The van der Waals surface area contributed by atoms with Crippen LogP contribution in [0.3, 0.4) is 0 Å². The number of amides is 1. The third-order valence-corrected chi connectivity index (χ3v) is 8.23. The molecule has 1 N–H and O–H groups in total. The Hall–Kier alpha value is -3.86. The molecule has 8 nitrogen and oxygen atoms in total. The van der Waals surface area contributed by atoms with Crippen LogP contribution in [0.2, 0.25) is 5.02 Å². The van der Waals surface area contributed by atoms with E-state index in [0.29, 0.717) is 38.4 Å². The molecular weight excluding hydrogens is 534 g/mol. The Morgan fingerprint density at radius 3 is 2.46 bits per heavy atom. The maximum atomic E-state index is 13.6. The van der Waals surface area contributed by atoms with Gasteiger partial charge in [-0.05, 0) is 72.8 Å². The third kappa shape index (κ3) is 5.31. The van der Waals surface area contributed by atoms with E-state index in [1.165, 1.54) is 53.9 Å². The average molecular weight is 554 g/mol. The van der Waals surface area contributed by atoms with Gasteiger partial charge in [0.1, 0.15) is 17.0 Å². The molecule has 0 bridgehead atoms. The summed E-state index contributed by atoms with van der Waals surface area (Å²) in [5.41, 5.74) is 1.28. The lowest BCUT2D eigenvalue weighted by atomic mass is 10.2. The number of anilines is 2. The van der Waals surface area contributed by atoms with Crippen LogP contribution in [-0.2, 0) is 16.6 Å². The molecule has 3 aromatic carbocycles. The quantitative estimate of drug-likeness (QED) is 0.245. The predicted octanol–water partition coefficient (Wildman–Crippen LogP) is 6.20. The Morgan fingerprint density at radius 1 is 1.05 bits per heavy atom. The summed E-state index contributed by atoms with van der Waals surface area (Å²) < 4.78 is 39.4. The molecule has 5 rings (SSSR count). The molecule has 0 aliphatic heterocycles. The van der Waals surface area contributed by atoms with E-state index in [9.17, 15) is 13.2 Å². The molecule has 0 radical (unpaired) electrons. The van der Waals surface area contributed by atoms with Gasteiger partial charge in [0, 0.05) is 11.3 Å². The zero-order valence-electron chi connectivity index (χ0n) is 19.4. The maximum absolute atomic E-state index is 13.6. The molecule has 2 heterocycles. The van der Waals surface area contributed by atoms with Crippen molar-refractivity contribution in [2.75, 3.05) is 16.7 Å². The largest absolute Gasteiger partial charge is 0.497 e. The van der Waals surface area contributed by atoms with Gasteiger partial charge in [-0.15, -0.1) is 0 Å². The van der Waals surface area contributed by atoms with E-state index in [0.717, 1.165) is 4.70 Å². The van der Waals surface area contributed by atoms with Crippen molar-refractivity contribution in [3.05, 3.63) is 101 Å². The fourth-order valence-corrected chi connectivity index (χ4v) is 5.93. The SMILES string of the molecule is COc1ccc(S(=O)(=O)Nc2ccc(C(=O)N(Cc3ccco3)c3nc4c(Cl)cccc4s3)cc2)cc1. The lowest BCUT2D eigenvalue weighted by Gasteiger charge is -2.19. The van der Waals surface area contributed by atoms with E-state index in [1.54, 1.807) is 42.5 Å². The smallest absolute Gasteiger partial charge is 0.261 e. The van der Waals surface area contributed by atoms with Crippen LogP contribution in [-0.4, -0.2) is 26.4 Å². The minimum atomic E-state index is -3.82. The van der Waals surface area contributed by atoms with Crippen LogP contribution in [0.25, 0.3) is 10.2 Å². The van der Waals surface area contributed by atoms with E-state index in [1.807, 2.05) is 12.1 Å². The van der Waals surface area contributed by atoms with Gasteiger partial charge in [-0.1, -0.05) is 29.0 Å². The number of benzene rings is 3. The number of para-hydroxylation sites is 1. The Morgan fingerprint density at radius 2 is 1.81 bits per heavy atom. The number of carbonyl (C=O) groups excluding carboxylic acids is 1. The summed E-state index contributed by atoms with van der Waals surface area (Å²) in [6.45, 7) is 0.162. The van der Waals surface area contributed by atoms with Crippen molar-refractivity contribution in [3.8, 4) is 5.75 Å². The van der Waals surface area contributed by atoms with Gasteiger partial charge in [0.2, 0.25) is 0 Å². The number of hydrogen-bond donors (Lipinski definition) is 1. The van der Waals surface area contributed by atoms with Crippen molar-refractivity contribution < 1.29 is 22.4 Å². The van der Waals surface area contributed by atoms with E-state index in [2.05, 4.69) is 9.71 Å². The highest BCUT2D eigenvalue weighted by Crippen LogP contribution is 2.34. The second kappa shape index (κ2) is 10.3. The van der Waals surface area contributed by atoms with Gasteiger partial charge in [-0.25, -0.2) is 13.4 Å². The van der Waals surface area contributed by atoms with Gasteiger partial charge in [-0.2, -0.15) is 0 Å². The molecule has 0 saturated heterocycles.